The van der Waals surface area contributed by atoms with E-state index < -0.39 is 0 Å². The molecule has 4 N–H and O–H groups in total. The number of nitrogens with one attached hydrogen (secondary N) is 3. The third kappa shape index (κ3) is 6.08. The fraction of sp³-hybridized carbons (Fsp3) is 0.292. The lowest BCUT2D eigenvalue weighted by atomic mass is 10.1. The van der Waals surface area contributed by atoms with Crippen LogP contribution in [0.3, 0.4) is 0 Å². The third-order valence-corrected chi connectivity index (χ3v) is 6.87. The second kappa shape index (κ2) is 11.0. The van der Waals surface area contributed by atoms with Crippen molar-refractivity contribution in [3.63, 3.8) is 0 Å². The molecule has 0 atom stereocenters. The lowest BCUT2D eigenvalue weighted by Gasteiger charge is -2.28. The number of hydrogen-bond donors (Lipinski definition) is 4. The van der Waals surface area contributed by atoms with Crippen LogP contribution in [0.1, 0.15) is 33.9 Å². The number of aromatic nitrogens is 1. The normalized spacial score (nSPS) is 14.0. The molecular formula is C24H25ClFN5O3S. The molecule has 0 spiro atoms. The van der Waals surface area contributed by atoms with E-state index in [1.165, 1.54) is 23.5 Å². The van der Waals surface area contributed by atoms with Crippen molar-refractivity contribution < 1.29 is 19.0 Å². The quantitative estimate of drug-likeness (QED) is 0.269. The molecule has 0 bridgehead atoms. The van der Waals surface area contributed by atoms with Gasteiger partial charge in [0.2, 0.25) is 0 Å². The molecule has 1 aliphatic rings. The largest absolute Gasteiger partial charge is 0.487 e. The van der Waals surface area contributed by atoms with Crippen LogP contribution in [0.2, 0.25) is 5.02 Å². The lowest BCUT2D eigenvalue weighted by molar-refractivity contribution is 0.0546. The number of carbonyl (C=O) groups is 1. The van der Waals surface area contributed by atoms with Crippen molar-refractivity contribution in [1.82, 2.24) is 9.88 Å². The Morgan fingerprint density at radius 1 is 1.31 bits per heavy atom. The van der Waals surface area contributed by atoms with Crippen LogP contribution < -0.4 is 15.4 Å². The zero-order valence-electron chi connectivity index (χ0n) is 19.0. The number of aliphatic hydroxyl groups is 1. The van der Waals surface area contributed by atoms with Gasteiger partial charge >= 0.3 is 0 Å². The minimum Gasteiger partial charge on any atom is -0.487 e. The molecule has 0 aliphatic carbocycles. The van der Waals surface area contributed by atoms with E-state index in [9.17, 15) is 14.3 Å². The molecule has 2 aromatic carbocycles. The van der Waals surface area contributed by atoms with Crippen molar-refractivity contribution >= 4 is 45.4 Å². The summed E-state index contributed by atoms with van der Waals surface area (Å²) in [7, 11) is 1.71. The molecule has 0 saturated carbocycles. The summed E-state index contributed by atoms with van der Waals surface area (Å²) in [6, 6.07) is 11.1. The first-order chi connectivity index (χ1) is 16.8. The number of piperidine rings is 1. The number of aliphatic hydroxyl groups excluding tert-OH is 1. The summed E-state index contributed by atoms with van der Waals surface area (Å²) in [6.45, 7) is 1.12. The number of carbonyl (C=O) groups excluding carboxylic acids is 1. The van der Waals surface area contributed by atoms with Gasteiger partial charge in [-0.2, -0.15) is 0 Å². The van der Waals surface area contributed by atoms with Crippen molar-refractivity contribution in [2.45, 2.75) is 25.6 Å². The van der Waals surface area contributed by atoms with E-state index in [4.69, 9.17) is 21.7 Å². The summed E-state index contributed by atoms with van der Waals surface area (Å²) in [6.07, 6.45) is 0.715. The molecule has 2 heterocycles. The number of thiazole rings is 1. The Morgan fingerprint density at radius 3 is 2.77 bits per heavy atom. The number of likely N-dealkylation sites (tertiary alicyclic amines) is 1. The Hall–Kier alpha value is -3.21. The molecule has 1 fully saturated rings. The number of amides is 1. The fourth-order valence-corrected chi connectivity index (χ4v) is 4.77. The number of ether oxygens (including phenoxy) is 1. The molecule has 35 heavy (non-hydrogen) atoms. The summed E-state index contributed by atoms with van der Waals surface area (Å²) in [4.78, 5) is 18.9. The standard InChI is InChI=1S/C24H25ClFN5O3S/c1-28-22-20(30-23(35-22)24(33)31-9-7-17(32)8-10-31)21(27)29-16-5-6-19(18(25)12-16)34-13-14-3-2-4-15(26)11-14/h2-6,11-12,17,28,32H,7-10,13H2,1H3,(H2,27,29). The van der Waals surface area contributed by atoms with E-state index in [1.54, 1.807) is 42.3 Å². The second-order valence-corrected chi connectivity index (χ2v) is 9.44. The molecule has 4 rings (SSSR count). The highest BCUT2D eigenvalue weighted by Gasteiger charge is 2.26. The maximum absolute atomic E-state index is 13.3. The fourth-order valence-electron chi connectivity index (χ4n) is 3.64. The highest BCUT2D eigenvalue weighted by atomic mass is 35.5. The average Bonchev–Trinajstić information content (AvgIpc) is 3.28. The molecule has 3 aromatic rings. The molecule has 8 nitrogen and oxygen atoms in total. The van der Waals surface area contributed by atoms with Gasteiger partial charge in [0.15, 0.2) is 10.8 Å². The number of halogens is 2. The number of benzene rings is 2. The van der Waals surface area contributed by atoms with Gasteiger partial charge in [-0.05, 0) is 48.7 Å². The summed E-state index contributed by atoms with van der Waals surface area (Å²) in [5.41, 5.74) is 1.55. The smallest absolute Gasteiger partial charge is 0.282 e. The van der Waals surface area contributed by atoms with E-state index in [0.717, 1.165) is 0 Å². The van der Waals surface area contributed by atoms with Crippen LogP contribution in [-0.4, -0.2) is 53.0 Å². The lowest BCUT2D eigenvalue weighted by Crippen LogP contribution is -2.40. The first-order valence-electron chi connectivity index (χ1n) is 11.0. The first kappa shape index (κ1) is 24.9. The number of rotatable bonds is 7. The van der Waals surface area contributed by atoms with Gasteiger partial charge in [-0.15, -0.1) is 0 Å². The number of anilines is 2. The van der Waals surface area contributed by atoms with Crippen molar-refractivity contribution in [3.05, 3.63) is 69.6 Å². The van der Waals surface area contributed by atoms with Crippen LogP contribution in [-0.2, 0) is 6.61 Å². The molecule has 0 radical (unpaired) electrons. The van der Waals surface area contributed by atoms with Crippen LogP contribution in [0.4, 0.5) is 15.1 Å². The van der Waals surface area contributed by atoms with Crippen molar-refractivity contribution in [2.75, 3.05) is 30.8 Å². The topological polar surface area (TPSA) is 111 Å². The van der Waals surface area contributed by atoms with Gasteiger partial charge in [0, 0.05) is 25.8 Å². The number of nitrogens with zero attached hydrogens (tertiary/aromatic N) is 2. The van der Waals surface area contributed by atoms with Crippen molar-refractivity contribution in [1.29, 1.82) is 5.41 Å². The number of amidine groups is 1. The predicted molar refractivity (Wildman–Crippen MR) is 135 cm³/mol. The van der Waals surface area contributed by atoms with Gasteiger partial charge in [-0.25, -0.2) is 9.37 Å². The molecule has 11 heteroatoms. The van der Waals surface area contributed by atoms with E-state index in [1.807, 2.05) is 0 Å². The van der Waals surface area contributed by atoms with Crippen LogP contribution >= 0.6 is 22.9 Å². The molecular weight excluding hydrogens is 493 g/mol. The Balaban J connectivity index is 1.42. The van der Waals surface area contributed by atoms with E-state index in [2.05, 4.69) is 15.6 Å². The SMILES string of the molecule is CNc1sc(C(=O)N2CCC(O)CC2)nc1C(=N)Nc1ccc(OCc2cccc(F)c2)c(Cl)c1. The van der Waals surface area contributed by atoms with Gasteiger partial charge < -0.3 is 25.4 Å². The summed E-state index contributed by atoms with van der Waals surface area (Å²) in [5, 5.41) is 25.3. The summed E-state index contributed by atoms with van der Waals surface area (Å²) >= 11 is 7.54. The Labute approximate surface area is 211 Å². The van der Waals surface area contributed by atoms with Crippen LogP contribution in [0.15, 0.2) is 42.5 Å². The summed E-state index contributed by atoms with van der Waals surface area (Å²) in [5.74, 6) is -0.113. The first-order valence-corrected chi connectivity index (χ1v) is 12.2. The summed E-state index contributed by atoms with van der Waals surface area (Å²) < 4.78 is 19.0. The molecule has 1 aromatic heterocycles. The van der Waals surface area contributed by atoms with Gasteiger partial charge in [-0.3, -0.25) is 10.2 Å². The maximum Gasteiger partial charge on any atom is 0.282 e. The van der Waals surface area contributed by atoms with Gasteiger partial charge in [-0.1, -0.05) is 35.1 Å². The van der Waals surface area contributed by atoms with Crippen molar-refractivity contribution in [2.24, 2.45) is 0 Å². The minimum absolute atomic E-state index is 0.00297. The monoisotopic (exact) mass is 517 g/mol. The minimum atomic E-state index is -0.374. The van der Waals surface area contributed by atoms with Crippen LogP contribution in [0, 0.1) is 11.2 Å². The van der Waals surface area contributed by atoms with Crippen LogP contribution in [0.5, 0.6) is 5.75 Å². The highest BCUT2D eigenvalue weighted by molar-refractivity contribution is 7.18. The third-order valence-electron chi connectivity index (χ3n) is 5.51. The molecule has 1 saturated heterocycles. The Kier molecular flexibility index (Phi) is 7.84. The molecule has 1 amide bonds. The van der Waals surface area contributed by atoms with E-state index >= 15 is 0 Å². The van der Waals surface area contributed by atoms with E-state index in [0.29, 0.717) is 58.6 Å². The Morgan fingerprint density at radius 2 is 2.09 bits per heavy atom. The van der Waals surface area contributed by atoms with Gasteiger partial charge in [0.05, 0.1) is 11.1 Å². The predicted octanol–water partition coefficient (Wildman–Crippen LogP) is 4.59. The molecule has 1 aliphatic heterocycles. The van der Waals surface area contributed by atoms with E-state index in [-0.39, 0.29) is 35.3 Å². The van der Waals surface area contributed by atoms with Crippen LogP contribution in [0.25, 0.3) is 0 Å². The average molecular weight is 518 g/mol. The second-order valence-electron chi connectivity index (χ2n) is 8.03. The Bertz CT molecular complexity index is 1230. The zero-order chi connectivity index (χ0) is 24.9. The molecule has 184 valence electrons. The van der Waals surface area contributed by atoms with Gasteiger partial charge in [0.25, 0.3) is 5.91 Å². The highest BCUT2D eigenvalue weighted by Crippen LogP contribution is 2.30. The maximum atomic E-state index is 13.3. The zero-order valence-corrected chi connectivity index (χ0v) is 20.5. The van der Waals surface area contributed by atoms with Gasteiger partial charge in [0.1, 0.15) is 28.9 Å². The molecule has 0 unspecified atom stereocenters. The van der Waals surface area contributed by atoms with Crippen molar-refractivity contribution in [3.8, 4) is 5.75 Å². The number of hydrogen-bond acceptors (Lipinski definition) is 7.